The Labute approximate surface area is 169 Å². The van der Waals surface area contributed by atoms with Gasteiger partial charge in [0.25, 0.3) is 5.91 Å². The standard InChI is InChI=1S/C22H24N4O3/c1-15-20(10-11-21(27)29-3)16(2)26(25-15)19-8-6-18(7-9-19)22(28)24-14-17-5-4-12-23-13-17/h4-9,12-13H,10-11,14H2,1-3H3,(H,24,28). The molecule has 1 amide bonds. The molecule has 29 heavy (non-hydrogen) atoms. The van der Waals surface area contributed by atoms with Gasteiger partial charge in [0.05, 0.1) is 18.5 Å². The number of benzene rings is 1. The van der Waals surface area contributed by atoms with E-state index in [0.717, 1.165) is 28.2 Å². The number of carbonyl (C=O) groups excluding carboxylic acids is 2. The highest BCUT2D eigenvalue weighted by atomic mass is 16.5. The van der Waals surface area contributed by atoms with Crippen LogP contribution in [-0.2, 0) is 22.5 Å². The third kappa shape index (κ3) is 4.87. The molecule has 0 saturated heterocycles. The minimum atomic E-state index is -0.238. The van der Waals surface area contributed by atoms with Crippen molar-refractivity contribution in [3.63, 3.8) is 0 Å². The van der Waals surface area contributed by atoms with Crippen LogP contribution in [0.25, 0.3) is 5.69 Å². The molecule has 7 nitrogen and oxygen atoms in total. The van der Waals surface area contributed by atoms with Crippen LogP contribution in [0.15, 0.2) is 48.8 Å². The quantitative estimate of drug-likeness (QED) is 0.625. The third-order valence-corrected chi connectivity index (χ3v) is 4.80. The first-order valence-corrected chi connectivity index (χ1v) is 9.39. The number of rotatable bonds is 7. The largest absolute Gasteiger partial charge is 0.469 e. The summed E-state index contributed by atoms with van der Waals surface area (Å²) in [6.07, 6.45) is 4.33. The van der Waals surface area contributed by atoms with Gasteiger partial charge in [0, 0.05) is 36.6 Å². The van der Waals surface area contributed by atoms with Gasteiger partial charge in [-0.3, -0.25) is 14.6 Å². The van der Waals surface area contributed by atoms with Crippen molar-refractivity contribution >= 4 is 11.9 Å². The summed E-state index contributed by atoms with van der Waals surface area (Å²) in [5.41, 5.74) is 5.27. The summed E-state index contributed by atoms with van der Waals surface area (Å²) >= 11 is 0. The summed E-state index contributed by atoms with van der Waals surface area (Å²) in [5.74, 6) is -0.384. The van der Waals surface area contributed by atoms with Crippen molar-refractivity contribution in [1.29, 1.82) is 0 Å². The minimum absolute atomic E-state index is 0.146. The maximum absolute atomic E-state index is 12.4. The van der Waals surface area contributed by atoms with Crippen LogP contribution in [0.1, 0.15) is 39.3 Å². The van der Waals surface area contributed by atoms with E-state index >= 15 is 0 Å². The van der Waals surface area contributed by atoms with Crippen LogP contribution in [0.5, 0.6) is 0 Å². The molecule has 1 aromatic carbocycles. The van der Waals surface area contributed by atoms with E-state index < -0.39 is 0 Å². The molecule has 7 heteroatoms. The van der Waals surface area contributed by atoms with Gasteiger partial charge in [-0.2, -0.15) is 5.10 Å². The first kappa shape index (κ1) is 20.3. The Bertz CT molecular complexity index is 995. The number of nitrogens with one attached hydrogen (secondary N) is 1. The molecule has 1 N–H and O–H groups in total. The molecule has 3 aromatic rings. The van der Waals surface area contributed by atoms with Gasteiger partial charge in [-0.15, -0.1) is 0 Å². The highest BCUT2D eigenvalue weighted by molar-refractivity contribution is 5.94. The summed E-state index contributed by atoms with van der Waals surface area (Å²) in [5, 5.41) is 7.48. The zero-order valence-corrected chi connectivity index (χ0v) is 16.8. The number of ether oxygens (including phenoxy) is 1. The molecule has 150 valence electrons. The van der Waals surface area contributed by atoms with E-state index in [9.17, 15) is 9.59 Å². The maximum Gasteiger partial charge on any atom is 0.305 e. The fraction of sp³-hybridized carbons (Fsp3) is 0.273. The number of nitrogens with zero attached hydrogens (tertiary/aromatic N) is 3. The van der Waals surface area contributed by atoms with Crippen LogP contribution >= 0.6 is 0 Å². The molecule has 0 bridgehead atoms. The summed E-state index contributed by atoms with van der Waals surface area (Å²) in [7, 11) is 1.39. The number of amides is 1. The second-order valence-corrected chi connectivity index (χ2v) is 6.73. The van der Waals surface area contributed by atoms with E-state index in [0.29, 0.717) is 24.9 Å². The van der Waals surface area contributed by atoms with Crippen molar-refractivity contribution in [2.24, 2.45) is 0 Å². The molecular formula is C22H24N4O3. The van der Waals surface area contributed by atoms with Gasteiger partial charge in [0.1, 0.15) is 0 Å². The van der Waals surface area contributed by atoms with Crippen LogP contribution < -0.4 is 5.32 Å². The van der Waals surface area contributed by atoms with Crippen molar-refractivity contribution in [3.05, 3.63) is 76.9 Å². The molecular weight excluding hydrogens is 368 g/mol. The predicted molar refractivity (Wildman–Crippen MR) is 109 cm³/mol. The average molecular weight is 392 g/mol. The van der Waals surface area contributed by atoms with Crippen LogP contribution in [0.2, 0.25) is 0 Å². The Balaban J connectivity index is 1.70. The number of hydrogen-bond donors (Lipinski definition) is 1. The third-order valence-electron chi connectivity index (χ3n) is 4.80. The number of esters is 1. The first-order valence-electron chi connectivity index (χ1n) is 9.39. The van der Waals surface area contributed by atoms with E-state index in [1.54, 1.807) is 24.5 Å². The smallest absolute Gasteiger partial charge is 0.305 e. The van der Waals surface area contributed by atoms with Crippen molar-refractivity contribution in [1.82, 2.24) is 20.1 Å². The van der Waals surface area contributed by atoms with E-state index in [1.165, 1.54) is 7.11 Å². The van der Waals surface area contributed by atoms with Crippen molar-refractivity contribution < 1.29 is 14.3 Å². The Kier molecular flexibility index (Phi) is 6.39. The normalized spacial score (nSPS) is 10.6. The lowest BCUT2D eigenvalue weighted by Crippen LogP contribution is -2.22. The minimum Gasteiger partial charge on any atom is -0.469 e. The molecule has 0 aliphatic heterocycles. The Morgan fingerprint density at radius 3 is 2.55 bits per heavy atom. The second-order valence-electron chi connectivity index (χ2n) is 6.73. The van der Waals surface area contributed by atoms with Gasteiger partial charge in [-0.05, 0) is 61.7 Å². The number of methoxy groups -OCH3 is 1. The molecule has 0 aliphatic rings. The van der Waals surface area contributed by atoms with Gasteiger partial charge < -0.3 is 10.1 Å². The molecule has 0 radical (unpaired) electrons. The van der Waals surface area contributed by atoms with Crippen LogP contribution in [0, 0.1) is 13.8 Å². The van der Waals surface area contributed by atoms with Crippen molar-refractivity contribution in [2.45, 2.75) is 33.2 Å². The SMILES string of the molecule is COC(=O)CCc1c(C)nn(-c2ccc(C(=O)NCc3cccnc3)cc2)c1C. The number of hydrogen-bond acceptors (Lipinski definition) is 5. The molecule has 0 aliphatic carbocycles. The van der Waals surface area contributed by atoms with E-state index in [1.807, 2.05) is 42.8 Å². The number of pyridine rings is 1. The lowest BCUT2D eigenvalue weighted by Gasteiger charge is -2.08. The number of aryl methyl sites for hydroxylation is 1. The highest BCUT2D eigenvalue weighted by Gasteiger charge is 2.15. The van der Waals surface area contributed by atoms with Gasteiger partial charge >= 0.3 is 5.97 Å². The second kappa shape index (κ2) is 9.14. The molecule has 2 aromatic heterocycles. The number of carbonyl (C=O) groups is 2. The summed E-state index contributed by atoms with van der Waals surface area (Å²) in [6.45, 7) is 4.33. The molecule has 0 unspecified atom stereocenters. The van der Waals surface area contributed by atoms with Gasteiger partial charge in [-0.25, -0.2) is 4.68 Å². The van der Waals surface area contributed by atoms with Gasteiger partial charge in [0.2, 0.25) is 0 Å². The van der Waals surface area contributed by atoms with Crippen LogP contribution in [-0.4, -0.2) is 33.8 Å². The molecule has 0 saturated carbocycles. The maximum atomic E-state index is 12.4. The molecule has 3 rings (SSSR count). The molecule has 0 fully saturated rings. The zero-order chi connectivity index (χ0) is 20.8. The van der Waals surface area contributed by atoms with Crippen molar-refractivity contribution in [3.8, 4) is 5.69 Å². The summed E-state index contributed by atoms with van der Waals surface area (Å²) in [6, 6.07) is 11.0. The summed E-state index contributed by atoms with van der Waals surface area (Å²) < 4.78 is 6.55. The lowest BCUT2D eigenvalue weighted by molar-refractivity contribution is -0.140. The summed E-state index contributed by atoms with van der Waals surface area (Å²) in [4.78, 5) is 27.8. The fourth-order valence-corrected chi connectivity index (χ4v) is 3.16. The lowest BCUT2D eigenvalue weighted by atomic mass is 10.1. The number of aromatic nitrogens is 3. The monoisotopic (exact) mass is 392 g/mol. The fourth-order valence-electron chi connectivity index (χ4n) is 3.16. The van der Waals surface area contributed by atoms with Gasteiger partial charge in [0.15, 0.2) is 0 Å². The average Bonchev–Trinajstić information content (AvgIpc) is 3.04. The van der Waals surface area contributed by atoms with Crippen LogP contribution in [0.3, 0.4) is 0 Å². The van der Waals surface area contributed by atoms with Gasteiger partial charge in [-0.1, -0.05) is 6.07 Å². The first-order chi connectivity index (χ1) is 14.0. The molecule has 0 spiro atoms. The van der Waals surface area contributed by atoms with Crippen molar-refractivity contribution in [2.75, 3.05) is 7.11 Å². The Hall–Kier alpha value is -3.48. The highest BCUT2D eigenvalue weighted by Crippen LogP contribution is 2.20. The zero-order valence-electron chi connectivity index (χ0n) is 16.8. The predicted octanol–water partition coefficient (Wildman–Crippen LogP) is 2.92. The van der Waals surface area contributed by atoms with E-state index in [2.05, 4.69) is 15.4 Å². The van der Waals surface area contributed by atoms with E-state index in [-0.39, 0.29) is 11.9 Å². The topological polar surface area (TPSA) is 86.1 Å². The van der Waals surface area contributed by atoms with Crippen LogP contribution in [0.4, 0.5) is 0 Å². The van der Waals surface area contributed by atoms with E-state index in [4.69, 9.17) is 4.74 Å². The Morgan fingerprint density at radius 2 is 1.90 bits per heavy atom. The molecule has 2 heterocycles. The molecule has 0 atom stereocenters. The Morgan fingerprint density at radius 1 is 1.14 bits per heavy atom.